The van der Waals surface area contributed by atoms with Gasteiger partial charge in [-0.15, -0.1) is 0 Å². The van der Waals surface area contributed by atoms with Crippen LogP contribution in [0, 0.1) is 23.2 Å². The summed E-state index contributed by atoms with van der Waals surface area (Å²) in [5, 5.41) is 7.57. The number of benzene rings is 3. The fraction of sp³-hybridized carbons (Fsp3) is 0.489. The smallest absolute Gasteiger partial charge is 0.407 e. The molecule has 2 aromatic heterocycles. The van der Waals surface area contributed by atoms with E-state index in [1.165, 1.54) is 14.2 Å². The minimum Gasteiger partial charge on any atom is -0.453 e. The van der Waals surface area contributed by atoms with Crippen molar-refractivity contribution < 1.29 is 33.4 Å². The molecule has 0 bridgehead atoms. The number of ether oxygens (including phenoxy) is 3. The number of nitrogens with one attached hydrogen (secondary N) is 4. The Hall–Kier alpha value is -5.96. The lowest BCUT2D eigenvalue weighted by Gasteiger charge is -2.33. The largest absolute Gasteiger partial charge is 0.453 e. The molecule has 326 valence electrons. The van der Waals surface area contributed by atoms with E-state index in [-0.39, 0.29) is 47.2 Å². The number of hydrogen-bond donors (Lipinski definition) is 4. The maximum atomic E-state index is 14.3. The quantitative estimate of drug-likeness (QED) is 0.112. The number of H-pyrrole nitrogens is 2. The molecule has 5 heterocycles. The molecule has 1 saturated carbocycles. The van der Waals surface area contributed by atoms with Crippen LogP contribution in [-0.4, -0.2) is 106 Å². The zero-order valence-electron chi connectivity index (χ0n) is 36.2. The molecule has 5 aromatic rings. The van der Waals surface area contributed by atoms with Gasteiger partial charge in [0.05, 0.1) is 55.8 Å². The van der Waals surface area contributed by atoms with E-state index in [2.05, 4.69) is 69.1 Å². The second kappa shape index (κ2) is 16.4. The zero-order chi connectivity index (χ0) is 43.4. The summed E-state index contributed by atoms with van der Waals surface area (Å²) in [7, 11) is 2.60. The number of imidazole rings is 2. The van der Waals surface area contributed by atoms with Crippen LogP contribution in [0.4, 0.5) is 9.59 Å². The van der Waals surface area contributed by atoms with Crippen LogP contribution >= 0.6 is 0 Å². The first kappa shape index (κ1) is 41.4. The van der Waals surface area contributed by atoms with E-state index in [1.807, 2.05) is 49.8 Å². The molecule has 15 heteroatoms. The van der Waals surface area contributed by atoms with Crippen LogP contribution in [0.25, 0.3) is 44.2 Å². The summed E-state index contributed by atoms with van der Waals surface area (Å²) in [6, 6.07) is 17.1. The zero-order valence-corrected chi connectivity index (χ0v) is 36.2. The van der Waals surface area contributed by atoms with Crippen LogP contribution in [0.2, 0.25) is 0 Å². The van der Waals surface area contributed by atoms with Gasteiger partial charge in [0.25, 0.3) is 0 Å². The molecule has 4 fully saturated rings. The van der Waals surface area contributed by atoms with Gasteiger partial charge in [-0.3, -0.25) is 9.59 Å². The number of fused-ring (bicyclic) bond motifs is 4. The molecule has 9 rings (SSSR count). The van der Waals surface area contributed by atoms with Crippen molar-refractivity contribution in [3.63, 3.8) is 0 Å². The van der Waals surface area contributed by atoms with Crippen molar-refractivity contribution in [2.24, 2.45) is 23.2 Å². The number of rotatable bonds is 10. The molecule has 4 N–H and O–H groups in total. The Kier molecular flexibility index (Phi) is 10.9. The van der Waals surface area contributed by atoms with E-state index in [0.717, 1.165) is 88.1 Å². The van der Waals surface area contributed by atoms with Crippen molar-refractivity contribution in [1.29, 1.82) is 0 Å². The number of methoxy groups -OCH3 is 2. The molecular weight excluding hydrogens is 789 g/mol. The monoisotopic (exact) mass is 844 g/mol. The summed E-state index contributed by atoms with van der Waals surface area (Å²) in [6.45, 7) is 9.51. The van der Waals surface area contributed by atoms with Crippen molar-refractivity contribution >= 4 is 45.8 Å². The highest BCUT2D eigenvalue weighted by molar-refractivity contribution is 6.05. The predicted molar refractivity (Wildman–Crippen MR) is 233 cm³/mol. The first-order chi connectivity index (χ1) is 29.9. The maximum absolute atomic E-state index is 14.3. The van der Waals surface area contributed by atoms with Gasteiger partial charge < -0.3 is 44.6 Å². The highest BCUT2D eigenvalue weighted by Gasteiger charge is 2.56. The number of piperidine rings is 1. The van der Waals surface area contributed by atoms with Crippen LogP contribution in [-0.2, 0) is 23.8 Å². The average molecular weight is 845 g/mol. The number of aromatic amines is 2. The minimum atomic E-state index is -0.744. The van der Waals surface area contributed by atoms with Gasteiger partial charge in [0.15, 0.2) is 0 Å². The van der Waals surface area contributed by atoms with E-state index >= 15 is 0 Å². The number of amides is 4. The van der Waals surface area contributed by atoms with E-state index in [0.29, 0.717) is 25.5 Å². The number of carbonyl (C=O) groups excluding carboxylic acids is 4. The second-order valence-electron chi connectivity index (χ2n) is 18.4. The number of nitrogens with zero attached hydrogens (tertiary/aromatic N) is 4. The van der Waals surface area contributed by atoms with Crippen molar-refractivity contribution in [2.75, 3.05) is 34.0 Å². The highest BCUT2D eigenvalue weighted by Crippen LogP contribution is 2.53. The van der Waals surface area contributed by atoms with Gasteiger partial charge in [0.1, 0.15) is 23.7 Å². The third kappa shape index (κ3) is 7.64. The maximum Gasteiger partial charge on any atom is 0.407 e. The molecular formula is C47H56N8O7. The Labute approximate surface area is 360 Å². The number of carbonyl (C=O) groups is 4. The molecule has 7 atom stereocenters. The van der Waals surface area contributed by atoms with E-state index in [4.69, 9.17) is 24.2 Å². The van der Waals surface area contributed by atoms with Crippen molar-refractivity contribution in [3.8, 4) is 22.4 Å². The minimum absolute atomic E-state index is 0.103. The van der Waals surface area contributed by atoms with Crippen LogP contribution in [0.3, 0.4) is 0 Å². The molecule has 62 heavy (non-hydrogen) atoms. The lowest BCUT2D eigenvalue weighted by molar-refractivity contribution is -0.137. The molecule has 15 nitrogen and oxygen atoms in total. The van der Waals surface area contributed by atoms with Gasteiger partial charge in [-0.2, -0.15) is 0 Å². The summed E-state index contributed by atoms with van der Waals surface area (Å²) in [5.74, 6) is 1.41. The second-order valence-corrected chi connectivity index (χ2v) is 18.4. The summed E-state index contributed by atoms with van der Waals surface area (Å²) < 4.78 is 15.7. The predicted octanol–water partition coefficient (Wildman–Crippen LogP) is 7.27. The average Bonchev–Trinajstić information content (AvgIpc) is 3.70. The van der Waals surface area contributed by atoms with Crippen LogP contribution in [0.15, 0.2) is 60.8 Å². The van der Waals surface area contributed by atoms with Crippen molar-refractivity contribution in [2.45, 2.75) is 90.0 Å². The number of aromatic nitrogens is 4. The van der Waals surface area contributed by atoms with Gasteiger partial charge in [-0.05, 0) is 84.1 Å². The van der Waals surface area contributed by atoms with Crippen molar-refractivity contribution in [1.82, 2.24) is 40.4 Å². The summed E-state index contributed by atoms with van der Waals surface area (Å²) in [4.78, 5) is 73.3. The molecule has 3 aliphatic heterocycles. The van der Waals surface area contributed by atoms with E-state index < -0.39 is 24.3 Å². The Morgan fingerprint density at radius 2 is 1.52 bits per heavy atom. The summed E-state index contributed by atoms with van der Waals surface area (Å²) in [6.07, 6.45) is 5.00. The van der Waals surface area contributed by atoms with E-state index in [9.17, 15) is 19.2 Å². The van der Waals surface area contributed by atoms with Crippen LogP contribution in [0.1, 0.15) is 83.5 Å². The standard InChI is InChI=1S/C47H56N8O7/c1-25(2)38(52-45(58)60-5)43(56)54-23-47(16-7-17-62-24-47)21-37(54)42-49-33-15-13-30-18-29(12-14-32(30)40(33)51-42)27-8-10-28(11-9-27)34-22-48-41(50-34)36-20-31-19-35(31)55(36)44(57)39(26(3)4)53-46(59)61-6/h8-15,18,22,25-26,31,35-39H,7,16-17,19-21,23-24H2,1-6H3,(H,48,50)(H,49,51)(H,52,58)(H,53,59)/t31-,35-,36+,37+,38+,39+,47+/m1/s1. The Balaban J connectivity index is 0.942. The van der Waals surface area contributed by atoms with Crippen LogP contribution < -0.4 is 10.6 Å². The van der Waals surface area contributed by atoms with Crippen LogP contribution in [0.5, 0.6) is 0 Å². The summed E-state index contributed by atoms with van der Waals surface area (Å²) >= 11 is 0. The normalized spacial score (nSPS) is 24.1. The molecule has 3 aromatic carbocycles. The third-order valence-electron chi connectivity index (χ3n) is 13.6. The number of likely N-dealkylation sites (tertiary alicyclic amines) is 2. The fourth-order valence-corrected chi connectivity index (χ4v) is 10.1. The first-order valence-corrected chi connectivity index (χ1v) is 21.8. The molecule has 4 amide bonds. The van der Waals surface area contributed by atoms with Gasteiger partial charge >= 0.3 is 12.2 Å². The van der Waals surface area contributed by atoms with Gasteiger partial charge in [-0.25, -0.2) is 19.6 Å². The van der Waals surface area contributed by atoms with Crippen molar-refractivity contribution in [3.05, 3.63) is 72.4 Å². The topological polar surface area (TPSA) is 184 Å². The van der Waals surface area contributed by atoms with Gasteiger partial charge in [-0.1, -0.05) is 70.2 Å². The lowest BCUT2D eigenvalue weighted by atomic mass is 9.80. The van der Waals surface area contributed by atoms with Gasteiger partial charge in [0.2, 0.25) is 11.8 Å². The SMILES string of the molecule is COC(=O)N[C@H](C(=O)N1C[C@]2(CCCOC2)C[C@H]1c1nc2c(ccc3cc(-c4ccc(-c5cnc([C@@H]6C[C@H]7C[C@H]7N6C(=O)[C@@H](NC(=O)OC)C(C)C)[nH]5)cc4)ccc32)[nH]1)C(C)C. The Morgan fingerprint density at radius 1 is 0.823 bits per heavy atom. The molecule has 1 aliphatic carbocycles. The Bertz CT molecular complexity index is 2510. The lowest BCUT2D eigenvalue weighted by Crippen LogP contribution is -2.52. The molecule has 1 spiro atoms. The molecule has 4 aliphatic rings. The molecule has 0 radical (unpaired) electrons. The number of hydrogen-bond acceptors (Lipinski definition) is 9. The summed E-state index contributed by atoms with van der Waals surface area (Å²) in [5.41, 5.74) is 5.52. The fourth-order valence-electron chi connectivity index (χ4n) is 10.1. The Morgan fingerprint density at radius 3 is 2.19 bits per heavy atom. The van der Waals surface area contributed by atoms with E-state index in [1.54, 1.807) is 0 Å². The highest BCUT2D eigenvalue weighted by atomic mass is 16.5. The first-order valence-electron chi connectivity index (χ1n) is 21.8. The molecule has 0 unspecified atom stereocenters. The molecule has 3 saturated heterocycles. The number of alkyl carbamates (subject to hydrolysis) is 2. The third-order valence-corrected chi connectivity index (χ3v) is 13.6. The van der Waals surface area contributed by atoms with Gasteiger partial charge in [0, 0.05) is 30.0 Å².